The second kappa shape index (κ2) is 7.81. The lowest BCUT2D eigenvalue weighted by molar-refractivity contribution is -0.383. The van der Waals surface area contributed by atoms with Gasteiger partial charge in [0.05, 0.1) is 23.0 Å². The summed E-state index contributed by atoms with van der Waals surface area (Å²) in [7, 11) is -3.68. The number of aryl methyl sites for hydroxylation is 1. The summed E-state index contributed by atoms with van der Waals surface area (Å²) in [6, 6.07) is 9.07. The summed E-state index contributed by atoms with van der Waals surface area (Å²) in [4.78, 5) is 10.9. The van der Waals surface area contributed by atoms with Crippen LogP contribution in [-0.2, 0) is 14.8 Å². The fourth-order valence-electron chi connectivity index (χ4n) is 2.80. The number of nitrogens with zero attached hydrogens (tertiary/aromatic N) is 2. The highest BCUT2D eigenvalue weighted by Gasteiger charge is 2.28. The molecule has 27 heavy (non-hydrogen) atoms. The van der Waals surface area contributed by atoms with E-state index in [0.717, 1.165) is 0 Å². The van der Waals surface area contributed by atoms with Gasteiger partial charge in [-0.05, 0) is 36.8 Å². The van der Waals surface area contributed by atoms with Gasteiger partial charge >= 0.3 is 0 Å². The number of hydrogen-bond acceptors (Lipinski definition) is 6. The summed E-state index contributed by atoms with van der Waals surface area (Å²) in [6.45, 7) is 3.01. The molecule has 0 spiro atoms. The molecule has 1 aliphatic heterocycles. The molecule has 0 atom stereocenters. The van der Waals surface area contributed by atoms with Gasteiger partial charge in [-0.25, -0.2) is 8.42 Å². The number of halogens is 1. The second-order valence-electron chi connectivity index (χ2n) is 6.04. The molecule has 2 aromatic carbocycles. The third-order valence-electron chi connectivity index (χ3n) is 4.21. The molecule has 1 saturated heterocycles. The number of nitrogens with one attached hydrogen (secondary N) is 1. The van der Waals surface area contributed by atoms with E-state index in [1.54, 1.807) is 19.1 Å². The van der Waals surface area contributed by atoms with E-state index in [2.05, 4.69) is 5.32 Å². The minimum atomic E-state index is -3.68. The third kappa shape index (κ3) is 4.22. The zero-order valence-electron chi connectivity index (χ0n) is 14.5. The molecule has 0 saturated carbocycles. The predicted molar refractivity (Wildman–Crippen MR) is 102 cm³/mol. The quantitative estimate of drug-likeness (QED) is 0.598. The van der Waals surface area contributed by atoms with Gasteiger partial charge in [0.25, 0.3) is 5.69 Å². The van der Waals surface area contributed by atoms with E-state index in [0.29, 0.717) is 37.6 Å². The van der Waals surface area contributed by atoms with Crippen molar-refractivity contribution in [3.63, 3.8) is 0 Å². The molecule has 1 aliphatic rings. The summed E-state index contributed by atoms with van der Waals surface area (Å²) >= 11 is 5.83. The van der Waals surface area contributed by atoms with Gasteiger partial charge in [0.2, 0.25) is 10.0 Å². The van der Waals surface area contributed by atoms with E-state index in [-0.39, 0.29) is 21.3 Å². The number of nitro groups is 1. The van der Waals surface area contributed by atoms with Gasteiger partial charge in [0, 0.05) is 29.9 Å². The first-order chi connectivity index (χ1) is 12.8. The topological polar surface area (TPSA) is 102 Å². The minimum Gasteiger partial charge on any atom is -0.379 e. The van der Waals surface area contributed by atoms with Crippen molar-refractivity contribution in [2.75, 3.05) is 31.6 Å². The van der Waals surface area contributed by atoms with Crippen molar-refractivity contribution in [2.45, 2.75) is 11.8 Å². The van der Waals surface area contributed by atoms with Crippen LogP contribution in [0.4, 0.5) is 17.1 Å². The SMILES string of the molecule is Cc1ccc(Nc2ccc(Cl)cc2[N+](=O)[O-])cc1S(=O)(=O)N1CCOCC1. The molecule has 0 aliphatic carbocycles. The molecule has 0 aromatic heterocycles. The first-order valence-electron chi connectivity index (χ1n) is 8.18. The molecule has 0 radical (unpaired) electrons. The highest BCUT2D eigenvalue weighted by atomic mass is 35.5. The van der Waals surface area contributed by atoms with Crippen molar-refractivity contribution < 1.29 is 18.1 Å². The van der Waals surface area contributed by atoms with Crippen LogP contribution in [0.15, 0.2) is 41.3 Å². The molecule has 10 heteroatoms. The van der Waals surface area contributed by atoms with E-state index in [1.807, 2.05) is 0 Å². The zero-order valence-corrected chi connectivity index (χ0v) is 16.1. The van der Waals surface area contributed by atoms with Crippen molar-refractivity contribution in [3.8, 4) is 0 Å². The number of rotatable bonds is 5. The number of sulfonamides is 1. The number of ether oxygens (including phenoxy) is 1. The molecule has 1 N–H and O–H groups in total. The Labute approximate surface area is 161 Å². The highest BCUT2D eigenvalue weighted by molar-refractivity contribution is 7.89. The van der Waals surface area contributed by atoms with Crippen LogP contribution >= 0.6 is 11.6 Å². The van der Waals surface area contributed by atoms with Gasteiger partial charge in [0.15, 0.2) is 0 Å². The summed E-state index contributed by atoms with van der Waals surface area (Å²) in [5.41, 5.74) is 1.05. The Kier molecular flexibility index (Phi) is 5.66. The standard InChI is InChI=1S/C17H18ClN3O5S/c1-12-2-4-14(19-15-5-3-13(18)10-16(15)21(22)23)11-17(12)27(24,25)20-6-8-26-9-7-20/h2-5,10-11,19H,6-9H2,1H3. The van der Waals surface area contributed by atoms with Crippen molar-refractivity contribution in [1.82, 2.24) is 4.31 Å². The van der Waals surface area contributed by atoms with Gasteiger partial charge in [0.1, 0.15) is 5.69 Å². The number of morpholine rings is 1. The molecule has 0 amide bonds. The zero-order chi connectivity index (χ0) is 19.6. The van der Waals surface area contributed by atoms with Crippen LogP contribution in [0.1, 0.15) is 5.56 Å². The Balaban J connectivity index is 1.96. The Bertz CT molecular complexity index is 975. The lowest BCUT2D eigenvalue weighted by Crippen LogP contribution is -2.40. The van der Waals surface area contributed by atoms with Crippen LogP contribution in [0.5, 0.6) is 0 Å². The molecule has 2 aromatic rings. The van der Waals surface area contributed by atoms with E-state index in [4.69, 9.17) is 16.3 Å². The maximum Gasteiger partial charge on any atom is 0.294 e. The smallest absolute Gasteiger partial charge is 0.294 e. The van der Waals surface area contributed by atoms with Gasteiger partial charge in [-0.3, -0.25) is 10.1 Å². The largest absolute Gasteiger partial charge is 0.379 e. The molecule has 0 bridgehead atoms. The first-order valence-corrected chi connectivity index (χ1v) is 10.0. The molecule has 1 heterocycles. The Hall–Kier alpha value is -2.20. The van der Waals surface area contributed by atoms with Gasteiger partial charge < -0.3 is 10.1 Å². The van der Waals surface area contributed by atoms with Gasteiger partial charge in [-0.1, -0.05) is 17.7 Å². The van der Waals surface area contributed by atoms with Crippen molar-refractivity contribution in [3.05, 3.63) is 57.1 Å². The van der Waals surface area contributed by atoms with Crippen LogP contribution in [-0.4, -0.2) is 43.9 Å². The van der Waals surface area contributed by atoms with Crippen LogP contribution in [0.25, 0.3) is 0 Å². The summed E-state index contributed by atoms with van der Waals surface area (Å²) in [5.74, 6) is 0. The Morgan fingerprint density at radius 1 is 1.19 bits per heavy atom. The number of anilines is 2. The van der Waals surface area contributed by atoms with Crippen molar-refractivity contribution >= 4 is 38.7 Å². The van der Waals surface area contributed by atoms with Crippen molar-refractivity contribution in [1.29, 1.82) is 0 Å². The van der Waals surface area contributed by atoms with Crippen LogP contribution < -0.4 is 5.32 Å². The van der Waals surface area contributed by atoms with Gasteiger partial charge in [-0.2, -0.15) is 4.31 Å². The third-order valence-corrected chi connectivity index (χ3v) is 6.49. The molecular weight excluding hydrogens is 394 g/mol. The fraction of sp³-hybridized carbons (Fsp3) is 0.294. The highest BCUT2D eigenvalue weighted by Crippen LogP contribution is 2.32. The van der Waals surface area contributed by atoms with E-state index in [9.17, 15) is 18.5 Å². The van der Waals surface area contributed by atoms with Crippen LogP contribution in [0.3, 0.4) is 0 Å². The lowest BCUT2D eigenvalue weighted by atomic mass is 10.2. The molecule has 8 nitrogen and oxygen atoms in total. The van der Waals surface area contributed by atoms with Gasteiger partial charge in [-0.15, -0.1) is 0 Å². The first kappa shape index (κ1) is 19.6. The van der Waals surface area contributed by atoms with E-state index >= 15 is 0 Å². The molecular formula is C17H18ClN3O5S. The monoisotopic (exact) mass is 411 g/mol. The number of benzene rings is 2. The average molecular weight is 412 g/mol. The summed E-state index contributed by atoms with van der Waals surface area (Å²) in [6.07, 6.45) is 0. The molecule has 3 rings (SSSR count). The maximum atomic E-state index is 12.9. The van der Waals surface area contributed by atoms with Crippen LogP contribution in [0.2, 0.25) is 5.02 Å². The lowest BCUT2D eigenvalue weighted by Gasteiger charge is -2.27. The summed E-state index contributed by atoms with van der Waals surface area (Å²) < 4.78 is 32.5. The van der Waals surface area contributed by atoms with E-state index < -0.39 is 14.9 Å². The maximum absolute atomic E-state index is 12.9. The predicted octanol–water partition coefficient (Wildman–Crippen LogP) is 3.32. The average Bonchev–Trinajstić information content (AvgIpc) is 2.65. The number of hydrogen-bond donors (Lipinski definition) is 1. The molecule has 144 valence electrons. The normalized spacial score (nSPS) is 15.5. The minimum absolute atomic E-state index is 0.158. The molecule has 0 unspecified atom stereocenters. The Morgan fingerprint density at radius 3 is 2.56 bits per heavy atom. The van der Waals surface area contributed by atoms with Crippen molar-refractivity contribution in [2.24, 2.45) is 0 Å². The second-order valence-corrected chi connectivity index (χ2v) is 8.38. The van der Waals surface area contributed by atoms with Crippen LogP contribution in [0, 0.1) is 17.0 Å². The molecule has 1 fully saturated rings. The number of nitro benzene ring substituents is 1. The van der Waals surface area contributed by atoms with E-state index in [1.165, 1.54) is 28.6 Å². The summed E-state index contributed by atoms with van der Waals surface area (Å²) in [5, 5.41) is 14.4. The fourth-order valence-corrected chi connectivity index (χ4v) is 4.62. The Morgan fingerprint density at radius 2 is 1.89 bits per heavy atom.